The van der Waals surface area contributed by atoms with Crippen LogP contribution in [-0.2, 0) is 11.2 Å². The van der Waals surface area contributed by atoms with Crippen molar-refractivity contribution in [1.82, 2.24) is 0 Å². The minimum absolute atomic E-state index is 0.130. The molecule has 0 bridgehead atoms. The Morgan fingerprint density at radius 1 is 0.900 bits per heavy atom. The standard InChI is InChI=1S/C16H13NO2S/c18-15-14(11-12-7-3-1-4-8-12)20-16(19)17(15)13-9-5-2-6-10-13/h1-10,14H,11H2/t14-/m0/s1. The van der Waals surface area contributed by atoms with Crippen molar-refractivity contribution in [2.24, 2.45) is 0 Å². The molecule has 0 N–H and O–H groups in total. The zero-order valence-corrected chi connectivity index (χ0v) is 11.5. The quantitative estimate of drug-likeness (QED) is 0.865. The molecule has 0 spiro atoms. The number of hydrogen-bond acceptors (Lipinski definition) is 3. The third-order valence-electron chi connectivity index (χ3n) is 3.20. The number of nitrogens with zero attached hydrogens (tertiary/aromatic N) is 1. The summed E-state index contributed by atoms with van der Waals surface area (Å²) >= 11 is 1.11. The molecule has 4 heteroatoms. The first-order chi connectivity index (χ1) is 9.75. The molecule has 20 heavy (non-hydrogen) atoms. The van der Waals surface area contributed by atoms with Crippen LogP contribution in [0, 0.1) is 0 Å². The van der Waals surface area contributed by atoms with Crippen LogP contribution < -0.4 is 4.90 Å². The first-order valence-corrected chi connectivity index (χ1v) is 7.27. The molecule has 0 aromatic heterocycles. The van der Waals surface area contributed by atoms with Gasteiger partial charge in [0, 0.05) is 0 Å². The van der Waals surface area contributed by atoms with E-state index in [-0.39, 0.29) is 16.4 Å². The molecule has 1 aliphatic rings. The summed E-state index contributed by atoms with van der Waals surface area (Å²) in [5.41, 5.74) is 1.71. The minimum atomic E-state index is -0.329. The summed E-state index contributed by atoms with van der Waals surface area (Å²) in [4.78, 5) is 25.7. The Morgan fingerprint density at radius 3 is 2.15 bits per heavy atom. The average Bonchev–Trinajstić information content (AvgIpc) is 2.75. The Morgan fingerprint density at radius 2 is 1.50 bits per heavy atom. The van der Waals surface area contributed by atoms with Crippen molar-refractivity contribution in [2.45, 2.75) is 11.7 Å². The maximum atomic E-state index is 12.4. The highest BCUT2D eigenvalue weighted by Gasteiger charge is 2.40. The van der Waals surface area contributed by atoms with E-state index in [9.17, 15) is 9.59 Å². The Labute approximate surface area is 121 Å². The van der Waals surface area contributed by atoms with Crippen LogP contribution in [0.2, 0.25) is 0 Å². The van der Waals surface area contributed by atoms with Crippen molar-refractivity contribution in [3.63, 3.8) is 0 Å². The summed E-state index contributed by atoms with van der Waals surface area (Å²) in [6.45, 7) is 0. The van der Waals surface area contributed by atoms with Crippen LogP contribution in [0.25, 0.3) is 0 Å². The van der Waals surface area contributed by atoms with E-state index in [0.29, 0.717) is 12.1 Å². The molecule has 0 aliphatic carbocycles. The largest absolute Gasteiger partial charge is 0.293 e. The normalized spacial score (nSPS) is 18.6. The van der Waals surface area contributed by atoms with Gasteiger partial charge in [0.25, 0.3) is 5.24 Å². The van der Waals surface area contributed by atoms with Gasteiger partial charge in [-0.05, 0) is 24.1 Å². The summed E-state index contributed by atoms with van der Waals surface area (Å²) in [5.74, 6) is -0.130. The van der Waals surface area contributed by atoms with E-state index in [1.165, 1.54) is 4.90 Å². The van der Waals surface area contributed by atoms with E-state index in [1.54, 1.807) is 12.1 Å². The SMILES string of the molecule is O=C1S[C@@H](Cc2ccccc2)C(=O)N1c1ccccc1. The topological polar surface area (TPSA) is 37.4 Å². The second kappa shape index (κ2) is 5.51. The van der Waals surface area contributed by atoms with Crippen molar-refractivity contribution in [1.29, 1.82) is 0 Å². The first kappa shape index (κ1) is 12.9. The lowest BCUT2D eigenvalue weighted by atomic mass is 10.1. The van der Waals surface area contributed by atoms with E-state index in [4.69, 9.17) is 0 Å². The van der Waals surface area contributed by atoms with E-state index in [0.717, 1.165) is 17.3 Å². The van der Waals surface area contributed by atoms with Crippen molar-refractivity contribution >= 4 is 28.6 Å². The second-order valence-corrected chi connectivity index (χ2v) is 5.73. The molecule has 0 radical (unpaired) electrons. The molecule has 3 nitrogen and oxygen atoms in total. The molecule has 1 heterocycles. The third-order valence-corrected chi connectivity index (χ3v) is 4.24. The van der Waals surface area contributed by atoms with Crippen LogP contribution in [0.4, 0.5) is 10.5 Å². The van der Waals surface area contributed by atoms with Gasteiger partial charge in [-0.2, -0.15) is 0 Å². The van der Waals surface area contributed by atoms with Gasteiger partial charge >= 0.3 is 0 Å². The van der Waals surface area contributed by atoms with E-state index in [1.807, 2.05) is 48.5 Å². The van der Waals surface area contributed by atoms with Gasteiger partial charge in [0.05, 0.1) is 10.9 Å². The number of carbonyl (C=O) groups excluding carboxylic acids is 2. The average molecular weight is 283 g/mol. The summed E-state index contributed by atoms with van der Waals surface area (Å²) in [6, 6.07) is 18.8. The molecule has 1 aliphatic heterocycles. The number of thioether (sulfide) groups is 1. The lowest BCUT2D eigenvalue weighted by Gasteiger charge is -2.13. The molecule has 1 fully saturated rings. The minimum Gasteiger partial charge on any atom is -0.273 e. The fourth-order valence-electron chi connectivity index (χ4n) is 2.23. The van der Waals surface area contributed by atoms with Gasteiger partial charge in [0.1, 0.15) is 0 Å². The fraction of sp³-hybridized carbons (Fsp3) is 0.125. The molecule has 2 amide bonds. The van der Waals surface area contributed by atoms with E-state index in [2.05, 4.69) is 0 Å². The van der Waals surface area contributed by atoms with Crippen molar-refractivity contribution in [3.8, 4) is 0 Å². The van der Waals surface area contributed by atoms with Crippen LogP contribution in [-0.4, -0.2) is 16.4 Å². The van der Waals surface area contributed by atoms with E-state index >= 15 is 0 Å². The summed E-state index contributed by atoms with van der Waals surface area (Å²) in [5, 5.41) is -0.521. The van der Waals surface area contributed by atoms with Gasteiger partial charge < -0.3 is 0 Å². The van der Waals surface area contributed by atoms with Gasteiger partial charge in [0.15, 0.2) is 0 Å². The Kier molecular flexibility index (Phi) is 3.56. The van der Waals surface area contributed by atoms with Crippen molar-refractivity contribution < 1.29 is 9.59 Å². The molecular formula is C16H13NO2S. The molecule has 1 atom stereocenters. The highest BCUT2D eigenvalue weighted by molar-refractivity contribution is 8.15. The summed E-state index contributed by atoms with van der Waals surface area (Å²) in [6.07, 6.45) is 0.583. The Balaban J connectivity index is 1.81. The number of carbonyl (C=O) groups is 2. The van der Waals surface area contributed by atoms with Crippen LogP contribution in [0.5, 0.6) is 0 Å². The molecule has 0 unspecified atom stereocenters. The molecular weight excluding hydrogens is 270 g/mol. The monoisotopic (exact) mass is 283 g/mol. The highest BCUT2D eigenvalue weighted by Crippen LogP contribution is 2.33. The number of imide groups is 1. The Bertz CT molecular complexity index is 627. The smallest absolute Gasteiger partial charge is 0.273 e. The lowest BCUT2D eigenvalue weighted by Crippen LogP contribution is -2.32. The zero-order chi connectivity index (χ0) is 13.9. The van der Waals surface area contributed by atoms with Crippen molar-refractivity contribution in [2.75, 3.05) is 4.90 Å². The lowest BCUT2D eigenvalue weighted by molar-refractivity contribution is -0.117. The molecule has 2 aromatic carbocycles. The van der Waals surface area contributed by atoms with Gasteiger partial charge in [-0.15, -0.1) is 0 Å². The predicted octanol–water partition coefficient (Wildman–Crippen LogP) is 3.50. The zero-order valence-electron chi connectivity index (χ0n) is 10.7. The molecule has 3 rings (SSSR count). The maximum Gasteiger partial charge on any atom is 0.293 e. The predicted molar refractivity (Wildman–Crippen MR) is 80.8 cm³/mol. The summed E-state index contributed by atoms with van der Waals surface area (Å²) < 4.78 is 0. The highest BCUT2D eigenvalue weighted by atomic mass is 32.2. The number of anilines is 1. The number of amides is 2. The van der Waals surface area contributed by atoms with Gasteiger partial charge in [-0.3, -0.25) is 9.59 Å². The molecule has 0 saturated carbocycles. The van der Waals surface area contributed by atoms with Gasteiger partial charge in [-0.25, -0.2) is 4.90 Å². The van der Waals surface area contributed by atoms with Crippen LogP contribution >= 0.6 is 11.8 Å². The van der Waals surface area contributed by atoms with Crippen LogP contribution in [0.15, 0.2) is 60.7 Å². The molecule has 2 aromatic rings. The van der Waals surface area contributed by atoms with Crippen LogP contribution in [0.1, 0.15) is 5.56 Å². The van der Waals surface area contributed by atoms with Gasteiger partial charge in [0.2, 0.25) is 5.91 Å². The van der Waals surface area contributed by atoms with E-state index < -0.39 is 0 Å². The molecule has 100 valence electrons. The second-order valence-electron chi connectivity index (χ2n) is 4.57. The fourth-order valence-corrected chi connectivity index (χ4v) is 3.25. The number of hydrogen-bond donors (Lipinski definition) is 0. The first-order valence-electron chi connectivity index (χ1n) is 6.39. The van der Waals surface area contributed by atoms with Gasteiger partial charge in [-0.1, -0.05) is 60.3 Å². The number of para-hydroxylation sites is 1. The van der Waals surface area contributed by atoms with Crippen molar-refractivity contribution in [3.05, 3.63) is 66.2 Å². The summed E-state index contributed by atoms with van der Waals surface area (Å²) in [7, 11) is 0. The number of benzene rings is 2. The van der Waals surface area contributed by atoms with Crippen LogP contribution in [0.3, 0.4) is 0 Å². The Hall–Kier alpha value is -2.07. The molecule has 1 saturated heterocycles. The third kappa shape index (κ3) is 2.47. The maximum absolute atomic E-state index is 12.4. The number of rotatable bonds is 3.